The van der Waals surface area contributed by atoms with E-state index in [0.29, 0.717) is 0 Å². The van der Waals surface area contributed by atoms with Gasteiger partial charge in [0.25, 0.3) is 0 Å². The molecule has 1 fully saturated rings. The normalized spacial score (nSPS) is 19.2. The summed E-state index contributed by atoms with van der Waals surface area (Å²) >= 11 is 0. The van der Waals surface area contributed by atoms with Crippen LogP contribution in [-0.2, 0) is 35.8 Å². The molecule has 9 nitrogen and oxygen atoms in total. The lowest BCUT2D eigenvalue weighted by Gasteiger charge is -2.53. The second kappa shape index (κ2) is 10.4. The average Bonchev–Trinajstić information content (AvgIpc) is 2.68. The van der Waals surface area contributed by atoms with Crippen LogP contribution in [0.5, 0.6) is 0 Å². The molecule has 2 rings (SSSR count). The summed E-state index contributed by atoms with van der Waals surface area (Å²) in [7, 11) is -5.73. The Hall–Kier alpha value is -2.24. The van der Waals surface area contributed by atoms with Gasteiger partial charge in [-0.25, -0.2) is 12.4 Å². The first-order valence-electron chi connectivity index (χ1n) is 10.9. The minimum absolute atomic E-state index is 0.0114. The third-order valence-electron chi connectivity index (χ3n) is 6.26. The van der Waals surface area contributed by atoms with Gasteiger partial charge in [0.2, 0.25) is 21.8 Å². The highest BCUT2D eigenvalue weighted by Gasteiger charge is 2.56. The molecule has 2 atom stereocenters. The summed E-state index contributed by atoms with van der Waals surface area (Å²) < 4.78 is 31.5. The van der Waals surface area contributed by atoms with Gasteiger partial charge in [-0.15, -0.1) is 0 Å². The van der Waals surface area contributed by atoms with E-state index in [9.17, 15) is 22.8 Å². The molecule has 1 aliphatic heterocycles. The molecule has 1 aliphatic rings. The van der Waals surface area contributed by atoms with Crippen molar-refractivity contribution in [3.8, 4) is 0 Å². The molecule has 1 saturated heterocycles. The molecule has 0 saturated carbocycles. The van der Waals surface area contributed by atoms with E-state index < -0.39 is 48.1 Å². The second-order valence-corrected chi connectivity index (χ2v) is 17.2. The van der Waals surface area contributed by atoms with E-state index in [1.807, 2.05) is 64.2 Å². The predicted molar refractivity (Wildman–Crippen MR) is 128 cm³/mol. The fraction of sp³-hybridized carbons (Fsp3) is 0.591. The van der Waals surface area contributed by atoms with Crippen LogP contribution in [-0.4, -0.2) is 62.8 Å². The lowest BCUT2D eigenvalue weighted by molar-refractivity contribution is -0.145. The standard InChI is InChI=1S/C22H35N3O6SSi/c1-16(21(28)23-13-20(27)31-14-17-10-8-7-9-11-17)24-19(26)12-18-15-32(29,30)25(18)33(5,6)22(2,3)4/h7-11,16,18H,12-15H2,1-6H3,(H,23,28)(H,24,26)/t16-,18?/m0/s1. The molecular weight excluding hydrogens is 462 g/mol. The van der Waals surface area contributed by atoms with Crippen molar-refractivity contribution < 1.29 is 27.5 Å². The van der Waals surface area contributed by atoms with Gasteiger partial charge in [0.1, 0.15) is 27.4 Å². The Bertz CT molecular complexity index is 976. The van der Waals surface area contributed by atoms with Gasteiger partial charge in [-0.1, -0.05) is 64.2 Å². The Labute approximate surface area is 197 Å². The zero-order chi connectivity index (χ0) is 25.0. The molecule has 1 aromatic carbocycles. The van der Waals surface area contributed by atoms with Crippen LogP contribution in [0.15, 0.2) is 30.3 Å². The third kappa shape index (κ3) is 6.87. The van der Waals surface area contributed by atoms with E-state index in [-0.39, 0.29) is 30.4 Å². The average molecular weight is 498 g/mol. The van der Waals surface area contributed by atoms with Crippen LogP contribution < -0.4 is 10.6 Å². The van der Waals surface area contributed by atoms with Crippen LogP contribution in [0.2, 0.25) is 18.1 Å². The maximum atomic E-state index is 12.5. The van der Waals surface area contributed by atoms with Crippen molar-refractivity contribution in [2.24, 2.45) is 0 Å². The molecule has 33 heavy (non-hydrogen) atoms. The van der Waals surface area contributed by atoms with Crippen molar-refractivity contribution in [1.82, 2.24) is 14.6 Å². The minimum atomic E-state index is -3.36. The Balaban J connectivity index is 1.81. The maximum absolute atomic E-state index is 12.5. The van der Waals surface area contributed by atoms with Crippen molar-refractivity contribution in [2.75, 3.05) is 12.3 Å². The van der Waals surface area contributed by atoms with Gasteiger partial charge in [-0.05, 0) is 17.5 Å². The van der Waals surface area contributed by atoms with Crippen LogP contribution in [0.25, 0.3) is 0 Å². The lowest BCUT2D eigenvalue weighted by atomic mass is 10.2. The van der Waals surface area contributed by atoms with Gasteiger partial charge in [-0.2, -0.15) is 0 Å². The highest BCUT2D eigenvalue weighted by atomic mass is 32.2. The van der Waals surface area contributed by atoms with Gasteiger partial charge in [0, 0.05) is 12.5 Å². The molecule has 11 heteroatoms. The largest absolute Gasteiger partial charge is 0.460 e. The number of esters is 1. The monoisotopic (exact) mass is 497 g/mol. The molecule has 184 valence electrons. The number of rotatable bonds is 9. The number of hydrogen-bond acceptors (Lipinski definition) is 6. The van der Waals surface area contributed by atoms with Crippen LogP contribution in [0.1, 0.15) is 39.7 Å². The van der Waals surface area contributed by atoms with Crippen LogP contribution >= 0.6 is 0 Å². The number of amides is 2. The number of hydrogen-bond donors (Lipinski definition) is 2. The minimum Gasteiger partial charge on any atom is -0.460 e. The Morgan fingerprint density at radius 1 is 1.18 bits per heavy atom. The Morgan fingerprint density at radius 2 is 1.79 bits per heavy atom. The zero-order valence-electron chi connectivity index (χ0n) is 20.2. The summed E-state index contributed by atoms with van der Waals surface area (Å²) in [6, 6.07) is 7.89. The van der Waals surface area contributed by atoms with Crippen molar-refractivity contribution >= 4 is 36.0 Å². The fourth-order valence-electron chi connectivity index (χ4n) is 3.49. The number of carbonyl (C=O) groups is 3. The summed E-state index contributed by atoms with van der Waals surface area (Å²) in [5.41, 5.74) is 0.836. The molecule has 2 amide bonds. The van der Waals surface area contributed by atoms with Gasteiger partial charge in [0.15, 0.2) is 0 Å². The molecular formula is C22H35N3O6SSi. The van der Waals surface area contributed by atoms with E-state index in [4.69, 9.17) is 4.74 Å². The number of sulfonamides is 1. The number of ether oxygens (including phenoxy) is 1. The molecule has 0 aliphatic carbocycles. The van der Waals surface area contributed by atoms with Crippen molar-refractivity contribution in [3.05, 3.63) is 35.9 Å². The summed E-state index contributed by atoms with van der Waals surface area (Å²) in [5, 5.41) is 4.84. The number of carbonyl (C=O) groups excluding carboxylic acids is 3. The van der Waals surface area contributed by atoms with Crippen LogP contribution in [0.3, 0.4) is 0 Å². The zero-order valence-corrected chi connectivity index (χ0v) is 22.0. The first kappa shape index (κ1) is 27.0. The number of nitrogens with zero attached hydrogens (tertiary/aromatic N) is 1. The van der Waals surface area contributed by atoms with Crippen molar-refractivity contribution in [2.45, 2.75) is 70.9 Å². The fourth-order valence-corrected chi connectivity index (χ4v) is 10.5. The predicted octanol–water partition coefficient (Wildman–Crippen LogP) is 1.76. The molecule has 1 heterocycles. The Kier molecular flexibility index (Phi) is 8.47. The first-order valence-corrected chi connectivity index (χ1v) is 15.5. The molecule has 0 aromatic heterocycles. The summed E-state index contributed by atoms with van der Waals surface area (Å²) in [6.07, 6.45) is -0.0114. The lowest BCUT2D eigenvalue weighted by Crippen LogP contribution is -2.70. The van der Waals surface area contributed by atoms with Crippen LogP contribution in [0.4, 0.5) is 0 Å². The van der Waals surface area contributed by atoms with E-state index >= 15 is 0 Å². The van der Waals surface area contributed by atoms with Gasteiger partial charge >= 0.3 is 5.97 Å². The second-order valence-electron chi connectivity index (χ2n) is 9.89. The van der Waals surface area contributed by atoms with Gasteiger partial charge < -0.3 is 15.4 Å². The first-order chi connectivity index (χ1) is 15.1. The van der Waals surface area contributed by atoms with E-state index in [0.717, 1.165) is 5.56 Å². The highest BCUT2D eigenvalue weighted by molar-refractivity contribution is 7.92. The van der Waals surface area contributed by atoms with E-state index in [1.165, 1.54) is 6.92 Å². The number of benzene rings is 1. The highest BCUT2D eigenvalue weighted by Crippen LogP contribution is 2.44. The Morgan fingerprint density at radius 3 is 2.33 bits per heavy atom. The maximum Gasteiger partial charge on any atom is 0.325 e. The van der Waals surface area contributed by atoms with Crippen molar-refractivity contribution in [1.29, 1.82) is 0 Å². The summed E-state index contributed by atoms with van der Waals surface area (Å²) in [4.78, 5) is 36.6. The molecule has 1 unspecified atom stereocenters. The molecule has 0 bridgehead atoms. The van der Waals surface area contributed by atoms with Crippen LogP contribution in [0, 0.1) is 0 Å². The van der Waals surface area contributed by atoms with E-state index in [2.05, 4.69) is 10.6 Å². The number of nitrogens with one attached hydrogen (secondary N) is 2. The molecule has 0 radical (unpaired) electrons. The third-order valence-corrected chi connectivity index (χ3v) is 15.3. The molecule has 0 spiro atoms. The summed E-state index contributed by atoms with van der Waals surface area (Å²) in [6.45, 7) is 11.3. The SMILES string of the molecule is C[C@H](NC(=O)CC1CS(=O)(=O)N1[Si](C)(C)C(C)(C)C)C(=O)NCC(=O)OCc1ccccc1. The van der Waals surface area contributed by atoms with Gasteiger partial charge in [-0.3, -0.25) is 14.4 Å². The summed E-state index contributed by atoms with van der Waals surface area (Å²) in [5.74, 6) is -1.59. The van der Waals surface area contributed by atoms with Gasteiger partial charge in [0.05, 0.1) is 5.75 Å². The van der Waals surface area contributed by atoms with E-state index in [1.54, 1.807) is 3.97 Å². The van der Waals surface area contributed by atoms with Crippen molar-refractivity contribution in [3.63, 3.8) is 0 Å². The molecule has 1 aromatic rings. The topological polar surface area (TPSA) is 122 Å². The quantitative estimate of drug-likeness (QED) is 0.396. The molecule has 2 N–H and O–H groups in total. The smallest absolute Gasteiger partial charge is 0.325 e.